The Kier molecular flexibility index (Phi) is 5.22. The fourth-order valence-electron chi connectivity index (χ4n) is 2.84. The third-order valence-electron chi connectivity index (χ3n) is 4.10. The molecule has 5 heteroatoms. The third-order valence-corrected chi connectivity index (χ3v) is 4.38. The number of carbonyl (C=O) groups excluding carboxylic acids is 1. The maximum atomic E-state index is 13.1. The third kappa shape index (κ3) is 4.42. The summed E-state index contributed by atoms with van der Waals surface area (Å²) >= 11 is 5.74. The Morgan fingerprint density at radius 1 is 1.43 bits per heavy atom. The summed E-state index contributed by atoms with van der Waals surface area (Å²) in [6.07, 6.45) is 4.52. The van der Waals surface area contributed by atoms with Crippen molar-refractivity contribution in [3.8, 4) is 0 Å². The zero-order valence-electron chi connectivity index (χ0n) is 12.2. The molecule has 1 aliphatic rings. The van der Waals surface area contributed by atoms with Gasteiger partial charge in [-0.3, -0.25) is 4.79 Å². The molecule has 1 aromatic rings. The van der Waals surface area contributed by atoms with Gasteiger partial charge in [0.15, 0.2) is 0 Å². The minimum absolute atomic E-state index is 0.0412. The highest BCUT2D eigenvalue weighted by Gasteiger charge is 2.32. The monoisotopic (exact) mass is 313 g/mol. The van der Waals surface area contributed by atoms with E-state index in [1.807, 2.05) is 6.92 Å². The van der Waals surface area contributed by atoms with E-state index < -0.39 is 11.4 Å². The van der Waals surface area contributed by atoms with E-state index in [1.165, 1.54) is 12.1 Å². The number of rotatable bonds is 4. The SMILES string of the molecule is C[C@H](NC(=O)CC1(O)CCCCC1)c1ccc(F)c(Cl)c1. The summed E-state index contributed by atoms with van der Waals surface area (Å²) in [5.41, 5.74) is -0.131. The second-order valence-corrected chi connectivity index (χ2v) is 6.33. The molecule has 21 heavy (non-hydrogen) atoms. The van der Waals surface area contributed by atoms with Gasteiger partial charge in [-0.05, 0) is 37.5 Å². The van der Waals surface area contributed by atoms with Crippen molar-refractivity contribution in [3.63, 3.8) is 0 Å². The van der Waals surface area contributed by atoms with Crippen LogP contribution in [0, 0.1) is 5.82 Å². The van der Waals surface area contributed by atoms with Crippen molar-refractivity contribution in [2.24, 2.45) is 0 Å². The van der Waals surface area contributed by atoms with Gasteiger partial charge in [0.25, 0.3) is 0 Å². The predicted molar refractivity (Wildman–Crippen MR) is 80.6 cm³/mol. The number of hydrogen-bond donors (Lipinski definition) is 2. The van der Waals surface area contributed by atoms with E-state index in [0.717, 1.165) is 24.8 Å². The topological polar surface area (TPSA) is 49.3 Å². The van der Waals surface area contributed by atoms with Crippen LogP contribution in [0.2, 0.25) is 5.02 Å². The zero-order valence-corrected chi connectivity index (χ0v) is 12.9. The molecule has 1 amide bonds. The van der Waals surface area contributed by atoms with E-state index in [9.17, 15) is 14.3 Å². The molecule has 0 saturated heterocycles. The highest BCUT2D eigenvalue weighted by atomic mass is 35.5. The van der Waals surface area contributed by atoms with Crippen molar-refractivity contribution in [2.75, 3.05) is 0 Å². The van der Waals surface area contributed by atoms with Gasteiger partial charge in [-0.1, -0.05) is 36.9 Å². The minimum atomic E-state index is -0.873. The van der Waals surface area contributed by atoms with Gasteiger partial charge in [-0.15, -0.1) is 0 Å². The Morgan fingerprint density at radius 3 is 2.71 bits per heavy atom. The molecule has 1 fully saturated rings. The summed E-state index contributed by atoms with van der Waals surface area (Å²) in [5.74, 6) is -0.664. The zero-order chi connectivity index (χ0) is 15.5. The van der Waals surface area contributed by atoms with E-state index in [4.69, 9.17) is 11.6 Å². The first kappa shape index (κ1) is 16.2. The van der Waals surface area contributed by atoms with E-state index >= 15 is 0 Å². The molecular weight excluding hydrogens is 293 g/mol. The molecule has 0 aliphatic heterocycles. The second-order valence-electron chi connectivity index (χ2n) is 5.92. The Labute approximate surface area is 129 Å². The van der Waals surface area contributed by atoms with Crippen molar-refractivity contribution < 1.29 is 14.3 Å². The van der Waals surface area contributed by atoms with Gasteiger partial charge >= 0.3 is 0 Å². The summed E-state index contributed by atoms with van der Waals surface area (Å²) in [6.45, 7) is 1.81. The predicted octanol–water partition coefficient (Wildman–Crippen LogP) is 3.74. The van der Waals surface area contributed by atoms with E-state index in [2.05, 4.69) is 5.32 Å². The molecule has 0 unspecified atom stereocenters. The Bertz CT molecular complexity index is 515. The average molecular weight is 314 g/mol. The van der Waals surface area contributed by atoms with Crippen molar-refractivity contribution in [1.29, 1.82) is 0 Å². The molecule has 116 valence electrons. The van der Waals surface area contributed by atoms with Gasteiger partial charge in [0, 0.05) is 0 Å². The van der Waals surface area contributed by atoms with Crippen LogP contribution in [0.3, 0.4) is 0 Å². The molecule has 1 aliphatic carbocycles. The lowest BCUT2D eigenvalue weighted by atomic mass is 9.82. The second kappa shape index (κ2) is 6.75. The van der Waals surface area contributed by atoms with E-state index in [0.29, 0.717) is 12.8 Å². The molecule has 0 radical (unpaired) electrons. The summed E-state index contributed by atoms with van der Waals surface area (Å²) in [6, 6.07) is 4.12. The van der Waals surface area contributed by atoms with E-state index in [1.54, 1.807) is 6.07 Å². The summed E-state index contributed by atoms with van der Waals surface area (Å²) in [7, 11) is 0. The van der Waals surface area contributed by atoms with Gasteiger partial charge < -0.3 is 10.4 Å². The lowest BCUT2D eigenvalue weighted by Gasteiger charge is -2.31. The first-order valence-corrected chi connectivity index (χ1v) is 7.74. The minimum Gasteiger partial charge on any atom is -0.389 e. The number of hydrogen-bond acceptors (Lipinski definition) is 2. The summed E-state index contributed by atoms with van der Waals surface area (Å²) in [4.78, 5) is 12.1. The van der Waals surface area contributed by atoms with Crippen molar-refractivity contribution in [1.82, 2.24) is 5.32 Å². The van der Waals surface area contributed by atoms with Crippen LogP contribution in [0.5, 0.6) is 0 Å². The number of amides is 1. The Morgan fingerprint density at radius 2 is 2.10 bits per heavy atom. The summed E-state index contributed by atoms with van der Waals surface area (Å²) in [5, 5.41) is 13.3. The van der Waals surface area contributed by atoms with Crippen LogP contribution in [0.1, 0.15) is 57.1 Å². The maximum Gasteiger partial charge on any atom is 0.223 e. The number of nitrogens with one attached hydrogen (secondary N) is 1. The molecular formula is C16H21ClFNO2. The average Bonchev–Trinajstić information content (AvgIpc) is 2.41. The molecule has 1 saturated carbocycles. The lowest BCUT2D eigenvalue weighted by molar-refractivity contribution is -0.128. The molecule has 1 atom stereocenters. The van der Waals surface area contributed by atoms with Crippen molar-refractivity contribution in [3.05, 3.63) is 34.6 Å². The highest BCUT2D eigenvalue weighted by Crippen LogP contribution is 2.31. The first-order valence-electron chi connectivity index (χ1n) is 7.36. The molecule has 2 rings (SSSR count). The molecule has 0 heterocycles. The van der Waals surface area contributed by atoms with Gasteiger partial charge in [0.2, 0.25) is 5.91 Å². The maximum absolute atomic E-state index is 13.1. The van der Waals surface area contributed by atoms with E-state index in [-0.39, 0.29) is 23.4 Å². The van der Waals surface area contributed by atoms with Crippen LogP contribution < -0.4 is 5.32 Å². The van der Waals surface area contributed by atoms with Crippen LogP contribution in [0.25, 0.3) is 0 Å². The number of aliphatic hydroxyl groups is 1. The Balaban J connectivity index is 1.93. The lowest BCUT2D eigenvalue weighted by Crippen LogP contribution is -2.39. The number of carbonyl (C=O) groups is 1. The van der Waals surface area contributed by atoms with Gasteiger partial charge in [-0.2, -0.15) is 0 Å². The Hall–Kier alpha value is -1.13. The smallest absolute Gasteiger partial charge is 0.223 e. The van der Waals surface area contributed by atoms with Gasteiger partial charge in [-0.25, -0.2) is 4.39 Å². The fraction of sp³-hybridized carbons (Fsp3) is 0.562. The molecule has 0 bridgehead atoms. The normalized spacial score (nSPS) is 19.0. The molecule has 0 aromatic heterocycles. The highest BCUT2D eigenvalue weighted by molar-refractivity contribution is 6.30. The van der Waals surface area contributed by atoms with Gasteiger partial charge in [0.1, 0.15) is 5.82 Å². The number of benzene rings is 1. The van der Waals surface area contributed by atoms with Crippen molar-refractivity contribution in [2.45, 2.75) is 57.1 Å². The van der Waals surface area contributed by atoms with Crippen LogP contribution >= 0.6 is 11.6 Å². The molecule has 3 nitrogen and oxygen atoms in total. The van der Waals surface area contributed by atoms with Gasteiger partial charge in [0.05, 0.1) is 23.1 Å². The standard InChI is InChI=1S/C16H21ClFNO2/c1-11(12-5-6-14(18)13(17)9-12)19-15(20)10-16(21)7-3-2-4-8-16/h5-6,9,11,21H,2-4,7-8,10H2,1H3,(H,19,20)/t11-/m0/s1. The molecule has 2 N–H and O–H groups in total. The van der Waals surface area contributed by atoms with Crippen LogP contribution in [0.4, 0.5) is 4.39 Å². The van der Waals surface area contributed by atoms with Crippen molar-refractivity contribution >= 4 is 17.5 Å². The number of halogens is 2. The molecule has 1 aromatic carbocycles. The quantitative estimate of drug-likeness (QED) is 0.889. The fourth-order valence-corrected chi connectivity index (χ4v) is 3.03. The van der Waals surface area contributed by atoms with Crippen LogP contribution in [0.15, 0.2) is 18.2 Å². The van der Waals surface area contributed by atoms with Crippen LogP contribution in [-0.4, -0.2) is 16.6 Å². The molecule has 0 spiro atoms. The van der Waals surface area contributed by atoms with Crippen LogP contribution in [-0.2, 0) is 4.79 Å². The first-order chi connectivity index (χ1) is 9.89. The summed E-state index contributed by atoms with van der Waals surface area (Å²) < 4.78 is 13.1. The largest absolute Gasteiger partial charge is 0.389 e.